The molecule has 0 saturated heterocycles. The molecule has 0 bridgehead atoms. The molecule has 2 aromatic carbocycles. The van der Waals surface area contributed by atoms with Gasteiger partial charge in [-0.3, -0.25) is 9.59 Å². The molecule has 0 aromatic heterocycles. The van der Waals surface area contributed by atoms with Gasteiger partial charge in [0.1, 0.15) is 0 Å². The lowest BCUT2D eigenvalue weighted by Crippen LogP contribution is -2.21. The quantitative estimate of drug-likeness (QED) is 0.809. The van der Waals surface area contributed by atoms with E-state index in [4.69, 9.17) is 9.47 Å². The zero-order chi connectivity index (χ0) is 18.2. The summed E-state index contributed by atoms with van der Waals surface area (Å²) in [6, 6.07) is 12.5. The molecule has 0 aliphatic heterocycles. The number of amides is 2. The molecule has 0 heterocycles. The van der Waals surface area contributed by atoms with E-state index >= 15 is 0 Å². The highest BCUT2D eigenvalue weighted by molar-refractivity contribution is 5.96. The minimum atomic E-state index is -0.298. The standard InChI is InChI=1S/C19H22N2O4/c1-4-18(22)20-14-8-7-9-15(13(14)2)21-19(23)12-25-17-11-6-5-10-16(17)24-3/h5-11H,4,12H2,1-3H3,(H,20,22)(H,21,23). The molecule has 132 valence electrons. The lowest BCUT2D eigenvalue weighted by Gasteiger charge is -2.14. The normalized spacial score (nSPS) is 10.0. The molecule has 0 aliphatic carbocycles. The smallest absolute Gasteiger partial charge is 0.262 e. The molecule has 0 saturated carbocycles. The summed E-state index contributed by atoms with van der Waals surface area (Å²) in [4.78, 5) is 23.7. The van der Waals surface area contributed by atoms with Crippen LogP contribution in [0.2, 0.25) is 0 Å². The maximum Gasteiger partial charge on any atom is 0.262 e. The molecule has 0 unspecified atom stereocenters. The fourth-order valence-electron chi connectivity index (χ4n) is 2.21. The molecule has 0 aliphatic rings. The first-order valence-electron chi connectivity index (χ1n) is 8.00. The van der Waals surface area contributed by atoms with Gasteiger partial charge in [-0.15, -0.1) is 0 Å². The minimum absolute atomic E-state index is 0.0777. The summed E-state index contributed by atoms with van der Waals surface area (Å²) in [6.07, 6.45) is 0.392. The van der Waals surface area contributed by atoms with Crippen LogP contribution >= 0.6 is 0 Å². The molecule has 2 amide bonds. The number of carbonyl (C=O) groups is 2. The Balaban J connectivity index is 2.01. The van der Waals surface area contributed by atoms with Crippen molar-refractivity contribution in [1.82, 2.24) is 0 Å². The fraction of sp³-hybridized carbons (Fsp3) is 0.263. The topological polar surface area (TPSA) is 76.7 Å². The Labute approximate surface area is 147 Å². The van der Waals surface area contributed by atoms with E-state index in [0.29, 0.717) is 29.3 Å². The van der Waals surface area contributed by atoms with E-state index in [0.717, 1.165) is 5.56 Å². The maximum atomic E-state index is 12.2. The number of carbonyl (C=O) groups excluding carboxylic acids is 2. The highest BCUT2D eigenvalue weighted by Crippen LogP contribution is 2.26. The van der Waals surface area contributed by atoms with Crippen LogP contribution < -0.4 is 20.1 Å². The maximum absolute atomic E-state index is 12.2. The number of methoxy groups -OCH3 is 1. The van der Waals surface area contributed by atoms with Crippen LogP contribution in [-0.2, 0) is 9.59 Å². The molecule has 0 fully saturated rings. The summed E-state index contributed by atoms with van der Waals surface area (Å²) in [5.41, 5.74) is 2.09. The lowest BCUT2D eigenvalue weighted by atomic mass is 10.1. The third-order valence-corrected chi connectivity index (χ3v) is 3.63. The van der Waals surface area contributed by atoms with Crippen LogP contribution in [0.4, 0.5) is 11.4 Å². The number of rotatable bonds is 7. The Hall–Kier alpha value is -3.02. The van der Waals surface area contributed by atoms with Crippen molar-refractivity contribution in [2.75, 3.05) is 24.4 Å². The predicted molar refractivity (Wildman–Crippen MR) is 97.2 cm³/mol. The van der Waals surface area contributed by atoms with Crippen LogP contribution in [0.1, 0.15) is 18.9 Å². The van der Waals surface area contributed by atoms with Crippen molar-refractivity contribution in [3.63, 3.8) is 0 Å². The average Bonchev–Trinajstić information content (AvgIpc) is 2.63. The minimum Gasteiger partial charge on any atom is -0.493 e. The van der Waals surface area contributed by atoms with Crippen LogP contribution in [0.25, 0.3) is 0 Å². The van der Waals surface area contributed by atoms with Crippen molar-refractivity contribution in [1.29, 1.82) is 0 Å². The Morgan fingerprint density at radius 2 is 1.52 bits per heavy atom. The van der Waals surface area contributed by atoms with Crippen molar-refractivity contribution in [2.24, 2.45) is 0 Å². The van der Waals surface area contributed by atoms with Crippen molar-refractivity contribution in [2.45, 2.75) is 20.3 Å². The van der Waals surface area contributed by atoms with Crippen LogP contribution in [0.3, 0.4) is 0 Å². The first-order valence-corrected chi connectivity index (χ1v) is 8.00. The van der Waals surface area contributed by atoms with Gasteiger partial charge in [-0.25, -0.2) is 0 Å². The van der Waals surface area contributed by atoms with Crippen LogP contribution in [0.5, 0.6) is 11.5 Å². The molecule has 6 nitrogen and oxygen atoms in total. The summed E-state index contributed by atoms with van der Waals surface area (Å²) in [7, 11) is 1.54. The molecule has 0 atom stereocenters. The average molecular weight is 342 g/mol. The van der Waals surface area contributed by atoms with Gasteiger partial charge in [0.2, 0.25) is 5.91 Å². The van der Waals surface area contributed by atoms with Gasteiger partial charge in [-0.1, -0.05) is 25.1 Å². The van der Waals surface area contributed by atoms with Crippen LogP contribution in [0.15, 0.2) is 42.5 Å². The summed E-state index contributed by atoms with van der Waals surface area (Å²) >= 11 is 0. The zero-order valence-electron chi connectivity index (χ0n) is 14.6. The molecule has 2 rings (SSSR count). The Kier molecular flexibility index (Phi) is 6.39. The van der Waals surface area contributed by atoms with E-state index in [1.54, 1.807) is 50.4 Å². The van der Waals surface area contributed by atoms with Crippen molar-refractivity contribution in [3.8, 4) is 11.5 Å². The SMILES string of the molecule is CCC(=O)Nc1cccc(NC(=O)COc2ccccc2OC)c1C. The molecule has 6 heteroatoms. The third kappa shape index (κ3) is 4.97. The Morgan fingerprint density at radius 3 is 2.12 bits per heavy atom. The number of para-hydroxylation sites is 2. The number of anilines is 2. The molecule has 0 spiro atoms. The Morgan fingerprint density at radius 1 is 0.920 bits per heavy atom. The van der Waals surface area contributed by atoms with Gasteiger partial charge < -0.3 is 20.1 Å². The molecule has 25 heavy (non-hydrogen) atoms. The monoisotopic (exact) mass is 342 g/mol. The largest absolute Gasteiger partial charge is 0.493 e. The number of hydrogen-bond acceptors (Lipinski definition) is 4. The van der Waals surface area contributed by atoms with Gasteiger partial charge >= 0.3 is 0 Å². The summed E-state index contributed by atoms with van der Waals surface area (Å²) < 4.78 is 10.7. The molecular formula is C19H22N2O4. The van der Waals surface area contributed by atoms with E-state index in [9.17, 15) is 9.59 Å². The van der Waals surface area contributed by atoms with Crippen molar-refractivity contribution < 1.29 is 19.1 Å². The predicted octanol–water partition coefficient (Wildman–Crippen LogP) is 3.37. The van der Waals surface area contributed by atoms with Crippen LogP contribution in [-0.4, -0.2) is 25.5 Å². The van der Waals surface area contributed by atoms with E-state index < -0.39 is 0 Å². The molecule has 0 radical (unpaired) electrons. The molecule has 2 aromatic rings. The summed E-state index contributed by atoms with van der Waals surface area (Å²) in [6.45, 7) is 3.47. The third-order valence-electron chi connectivity index (χ3n) is 3.63. The highest BCUT2D eigenvalue weighted by Gasteiger charge is 2.11. The van der Waals surface area contributed by atoms with Gasteiger partial charge in [-0.05, 0) is 36.8 Å². The second-order valence-electron chi connectivity index (χ2n) is 5.37. The van der Waals surface area contributed by atoms with Gasteiger partial charge in [0, 0.05) is 17.8 Å². The summed E-state index contributed by atoms with van der Waals surface area (Å²) in [5, 5.41) is 5.60. The zero-order valence-corrected chi connectivity index (χ0v) is 14.6. The lowest BCUT2D eigenvalue weighted by molar-refractivity contribution is -0.118. The fourth-order valence-corrected chi connectivity index (χ4v) is 2.21. The van der Waals surface area contributed by atoms with E-state index in [1.165, 1.54) is 0 Å². The Bertz CT molecular complexity index is 759. The van der Waals surface area contributed by atoms with E-state index in [-0.39, 0.29) is 18.4 Å². The number of hydrogen-bond donors (Lipinski definition) is 2. The molecular weight excluding hydrogens is 320 g/mol. The van der Waals surface area contributed by atoms with Crippen LogP contribution in [0, 0.1) is 6.92 Å². The van der Waals surface area contributed by atoms with Crippen molar-refractivity contribution in [3.05, 3.63) is 48.0 Å². The number of benzene rings is 2. The second-order valence-corrected chi connectivity index (χ2v) is 5.37. The van der Waals surface area contributed by atoms with Gasteiger partial charge in [0.05, 0.1) is 7.11 Å². The second kappa shape index (κ2) is 8.73. The van der Waals surface area contributed by atoms with Gasteiger partial charge in [-0.2, -0.15) is 0 Å². The van der Waals surface area contributed by atoms with E-state index in [1.807, 2.05) is 13.0 Å². The van der Waals surface area contributed by atoms with Crippen molar-refractivity contribution >= 4 is 23.2 Å². The van der Waals surface area contributed by atoms with E-state index in [2.05, 4.69) is 10.6 Å². The number of nitrogens with one attached hydrogen (secondary N) is 2. The first kappa shape index (κ1) is 18.3. The summed E-state index contributed by atoms with van der Waals surface area (Å²) in [5.74, 6) is 0.690. The van der Waals surface area contributed by atoms with Gasteiger partial charge in [0.25, 0.3) is 5.91 Å². The van der Waals surface area contributed by atoms with Gasteiger partial charge in [0.15, 0.2) is 18.1 Å². The first-order chi connectivity index (χ1) is 12.0. The number of ether oxygens (including phenoxy) is 2. The highest BCUT2D eigenvalue weighted by atomic mass is 16.5. The molecule has 2 N–H and O–H groups in total.